The Hall–Kier alpha value is -2.54. The van der Waals surface area contributed by atoms with Crippen LogP contribution in [0.1, 0.15) is 24.0 Å². The van der Waals surface area contributed by atoms with Crippen molar-refractivity contribution in [2.45, 2.75) is 25.1 Å². The number of carbonyl (C=O) groups excluding carboxylic acids is 1. The van der Waals surface area contributed by atoms with E-state index in [1.807, 2.05) is 0 Å². The summed E-state index contributed by atoms with van der Waals surface area (Å²) in [5, 5.41) is 13.6. The molecule has 1 amide bonds. The van der Waals surface area contributed by atoms with Crippen LogP contribution < -0.4 is 10.2 Å². The van der Waals surface area contributed by atoms with E-state index in [1.54, 1.807) is 12.1 Å². The van der Waals surface area contributed by atoms with E-state index in [-0.39, 0.29) is 11.6 Å². The number of hydrogen-bond donors (Lipinski definition) is 1. The van der Waals surface area contributed by atoms with Crippen molar-refractivity contribution in [3.63, 3.8) is 0 Å². The molecule has 0 aromatic heterocycles. The number of nitrogens with zero attached hydrogens (tertiary/aromatic N) is 2. The van der Waals surface area contributed by atoms with Crippen LogP contribution in [0.3, 0.4) is 0 Å². The SMILES string of the molecule is O=C(CSCc1ccc([N+](=O)[O-])cc1)NCc1ccc(N2CCCC2)cc1. The fourth-order valence-corrected chi connectivity index (χ4v) is 3.84. The molecule has 3 rings (SSSR count). The number of thioether (sulfide) groups is 1. The van der Waals surface area contributed by atoms with Crippen LogP contribution in [0.15, 0.2) is 48.5 Å². The average Bonchev–Trinajstić information content (AvgIpc) is 3.22. The highest BCUT2D eigenvalue weighted by Gasteiger charge is 2.12. The zero-order valence-electron chi connectivity index (χ0n) is 15.1. The number of carbonyl (C=O) groups is 1. The number of non-ortho nitro benzene ring substituents is 1. The molecule has 1 N–H and O–H groups in total. The maximum absolute atomic E-state index is 12.0. The van der Waals surface area contributed by atoms with Gasteiger partial charge in [-0.1, -0.05) is 24.3 Å². The smallest absolute Gasteiger partial charge is 0.269 e. The van der Waals surface area contributed by atoms with E-state index in [0.29, 0.717) is 18.1 Å². The highest BCUT2D eigenvalue weighted by Crippen LogP contribution is 2.20. The summed E-state index contributed by atoms with van der Waals surface area (Å²) in [6, 6.07) is 14.8. The van der Waals surface area contributed by atoms with Gasteiger partial charge in [0, 0.05) is 43.2 Å². The van der Waals surface area contributed by atoms with Crippen molar-refractivity contribution >= 4 is 29.0 Å². The second kappa shape index (κ2) is 9.41. The second-order valence-corrected chi connectivity index (χ2v) is 7.54. The van der Waals surface area contributed by atoms with Crippen LogP contribution in [0.25, 0.3) is 0 Å². The third-order valence-electron chi connectivity index (χ3n) is 4.55. The Kier molecular flexibility index (Phi) is 6.70. The molecule has 27 heavy (non-hydrogen) atoms. The van der Waals surface area contributed by atoms with Crippen molar-refractivity contribution < 1.29 is 9.72 Å². The fraction of sp³-hybridized carbons (Fsp3) is 0.350. The minimum atomic E-state index is -0.415. The number of amides is 1. The lowest BCUT2D eigenvalue weighted by Gasteiger charge is -2.17. The molecule has 0 spiro atoms. The first kappa shape index (κ1) is 19.2. The molecule has 0 bridgehead atoms. The van der Waals surface area contributed by atoms with Crippen molar-refractivity contribution in [3.05, 3.63) is 69.8 Å². The molecular formula is C20H23N3O3S. The van der Waals surface area contributed by atoms with Crippen LogP contribution in [-0.2, 0) is 17.1 Å². The van der Waals surface area contributed by atoms with E-state index in [4.69, 9.17) is 0 Å². The molecule has 1 aliphatic rings. The molecule has 1 fully saturated rings. The molecule has 2 aromatic carbocycles. The summed E-state index contributed by atoms with van der Waals surface area (Å²) in [5.74, 6) is 1.00. The van der Waals surface area contributed by atoms with E-state index < -0.39 is 4.92 Å². The molecular weight excluding hydrogens is 362 g/mol. The number of hydrogen-bond acceptors (Lipinski definition) is 5. The first-order valence-electron chi connectivity index (χ1n) is 9.03. The lowest BCUT2D eigenvalue weighted by atomic mass is 10.2. The number of anilines is 1. The van der Waals surface area contributed by atoms with Crippen LogP contribution in [0.4, 0.5) is 11.4 Å². The Morgan fingerprint density at radius 3 is 2.30 bits per heavy atom. The molecule has 1 aliphatic heterocycles. The van der Waals surface area contributed by atoms with E-state index in [1.165, 1.54) is 42.4 Å². The van der Waals surface area contributed by atoms with E-state index in [2.05, 4.69) is 34.5 Å². The molecule has 0 saturated carbocycles. The fourth-order valence-electron chi connectivity index (χ4n) is 3.03. The molecule has 7 heteroatoms. The van der Waals surface area contributed by atoms with Crippen molar-refractivity contribution in [1.82, 2.24) is 5.32 Å². The summed E-state index contributed by atoms with van der Waals surface area (Å²) < 4.78 is 0. The molecule has 1 saturated heterocycles. The molecule has 142 valence electrons. The van der Waals surface area contributed by atoms with Crippen LogP contribution in [0.2, 0.25) is 0 Å². The zero-order chi connectivity index (χ0) is 19.1. The van der Waals surface area contributed by atoms with Gasteiger partial charge in [-0.15, -0.1) is 11.8 Å². The minimum Gasteiger partial charge on any atom is -0.372 e. The van der Waals surface area contributed by atoms with Gasteiger partial charge in [-0.25, -0.2) is 0 Å². The number of nitro groups is 1. The van der Waals surface area contributed by atoms with Gasteiger partial charge >= 0.3 is 0 Å². The predicted molar refractivity (Wildman–Crippen MR) is 109 cm³/mol. The first-order valence-corrected chi connectivity index (χ1v) is 10.2. The Morgan fingerprint density at radius 2 is 1.67 bits per heavy atom. The van der Waals surface area contributed by atoms with Gasteiger partial charge in [0.1, 0.15) is 0 Å². The summed E-state index contributed by atoms with van der Waals surface area (Å²) in [6.45, 7) is 2.78. The quantitative estimate of drug-likeness (QED) is 0.553. The van der Waals surface area contributed by atoms with E-state index in [9.17, 15) is 14.9 Å². The Labute approximate surface area is 163 Å². The lowest BCUT2D eigenvalue weighted by Crippen LogP contribution is -2.24. The number of rotatable bonds is 8. The van der Waals surface area contributed by atoms with Gasteiger partial charge in [-0.2, -0.15) is 0 Å². The predicted octanol–water partition coefficient (Wildman–Crippen LogP) is 3.74. The van der Waals surface area contributed by atoms with Crippen LogP contribution in [0.5, 0.6) is 0 Å². The molecule has 1 heterocycles. The maximum Gasteiger partial charge on any atom is 0.269 e. The molecule has 2 aromatic rings. The molecule has 0 aliphatic carbocycles. The highest BCUT2D eigenvalue weighted by molar-refractivity contribution is 7.99. The number of nitrogens with one attached hydrogen (secondary N) is 1. The van der Waals surface area contributed by atoms with Crippen molar-refractivity contribution in [3.8, 4) is 0 Å². The number of benzene rings is 2. The Balaban J connectivity index is 1.37. The standard InChI is InChI=1S/C20H23N3O3S/c24-20(15-27-14-17-5-9-19(10-6-17)23(25)26)21-13-16-3-7-18(8-4-16)22-11-1-2-12-22/h3-10H,1-2,11-15H2,(H,21,24). The topological polar surface area (TPSA) is 75.5 Å². The van der Waals surface area contributed by atoms with Crippen LogP contribution in [-0.4, -0.2) is 29.7 Å². The van der Waals surface area contributed by atoms with Crippen molar-refractivity contribution in [1.29, 1.82) is 0 Å². The van der Waals surface area contributed by atoms with Crippen molar-refractivity contribution in [2.75, 3.05) is 23.7 Å². The summed E-state index contributed by atoms with van der Waals surface area (Å²) in [4.78, 5) is 24.6. The summed E-state index contributed by atoms with van der Waals surface area (Å²) in [6.07, 6.45) is 2.52. The van der Waals surface area contributed by atoms with Gasteiger partial charge in [-0.05, 0) is 36.1 Å². The van der Waals surface area contributed by atoms with Crippen molar-refractivity contribution in [2.24, 2.45) is 0 Å². The van der Waals surface area contributed by atoms with Crippen LogP contribution >= 0.6 is 11.8 Å². The van der Waals surface area contributed by atoms with Gasteiger partial charge in [0.2, 0.25) is 5.91 Å². The summed E-state index contributed by atoms with van der Waals surface area (Å²) >= 11 is 1.49. The van der Waals surface area contributed by atoms with E-state index in [0.717, 1.165) is 24.2 Å². The maximum atomic E-state index is 12.0. The number of nitro benzene ring substituents is 1. The Morgan fingerprint density at radius 1 is 1.04 bits per heavy atom. The zero-order valence-corrected chi connectivity index (χ0v) is 15.9. The third-order valence-corrected chi connectivity index (χ3v) is 5.55. The van der Waals surface area contributed by atoms with Gasteiger partial charge < -0.3 is 10.2 Å². The van der Waals surface area contributed by atoms with Gasteiger partial charge in [0.25, 0.3) is 5.69 Å². The van der Waals surface area contributed by atoms with Gasteiger partial charge in [0.15, 0.2) is 0 Å². The summed E-state index contributed by atoms with van der Waals surface area (Å²) in [5.41, 5.74) is 3.39. The largest absolute Gasteiger partial charge is 0.372 e. The summed E-state index contributed by atoms with van der Waals surface area (Å²) in [7, 11) is 0. The van der Waals surface area contributed by atoms with Gasteiger partial charge in [0.05, 0.1) is 10.7 Å². The van der Waals surface area contributed by atoms with Gasteiger partial charge in [-0.3, -0.25) is 14.9 Å². The Bertz CT molecular complexity index is 772. The lowest BCUT2D eigenvalue weighted by molar-refractivity contribution is -0.384. The second-order valence-electron chi connectivity index (χ2n) is 6.55. The monoisotopic (exact) mass is 385 g/mol. The molecule has 0 atom stereocenters. The highest BCUT2D eigenvalue weighted by atomic mass is 32.2. The normalized spacial score (nSPS) is 13.6. The first-order chi connectivity index (χ1) is 13.1. The molecule has 0 radical (unpaired) electrons. The van der Waals surface area contributed by atoms with Crippen LogP contribution in [0, 0.1) is 10.1 Å². The minimum absolute atomic E-state index is 0.00877. The molecule has 0 unspecified atom stereocenters. The average molecular weight is 385 g/mol. The molecule has 6 nitrogen and oxygen atoms in total. The third kappa shape index (κ3) is 5.72. The van der Waals surface area contributed by atoms with E-state index >= 15 is 0 Å².